The molecular formula is C23H23N5O5. The maximum atomic E-state index is 12.4. The van der Waals surface area contributed by atoms with Gasteiger partial charge in [0.05, 0.1) is 31.4 Å². The zero-order valence-electron chi connectivity index (χ0n) is 18.1. The molecule has 33 heavy (non-hydrogen) atoms. The first-order chi connectivity index (χ1) is 16.0. The van der Waals surface area contributed by atoms with Crippen molar-refractivity contribution >= 4 is 23.5 Å². The molecule has 0 aliphatic heterocycles. The van der Waals surface area contributed by atoms with Crippen LogP contribution in [-0.4, -0.2) is 30.3 Å². The van der Waals surface area contributed by atoms with Crippen molar-refractivity contribution in [2.24, 2.45) is 0 Å². The van der Waals surface area contributed by atoms with E-state index in [0.29, 0.717) is 28.4 Å². The summed E-state index contributed by atoms with van der Waals surface area (Å²) >= 11 is 0. The third-order valence-electron chi connectivity index (χ3n) is 4.47. The minimum absolute atomic E-state index is 0.122. The van der Waals surface area contributed by atoms with E-state index in [1.807, 2.05) is 6.07 Å². The summed E-state index contributed by atoms with van der Waals surface area (Å²) in [6.07, 6.45) is 1.92. The number of ether oxygens (including phenoxy) is 2. The molecule has 0 radical (unpaired) electrons. The highest BCUT2D eigenvalue weighted by molar-refractivity contribution is 6.00. The van der Waals surface area contributed by atoms with E-state index in [2.05, 4.69) is 20.9 Å². The number of carbonyl (C=O) groups is 2. The number of nitrogens with one attached hydrogen (secondary N) is 3. The highest BCUT2D eigenvalue weighted by Gasteiger charge is 2.12. The fourth-order valence-corrected chi connectivity index (χ4v) is 2.94. The van der Waals surface area contributed by atoms with Gasteiger partial charge in [-0.15, -0.1) is 0 Å². The van der Waals surface area contributed by atoms with Crippen LogP contribution in [0.25, 0.3) is 11.3 Å². The topological polar surface area (TPSA) is 139 Å². The normalized spacial score (nSPS) is 11.1. The molecule has 10 nitrogen and oxygen atoms in total. The van der Waals surface area contributed by atoms with E-state index in [9.17, 15) is 9.59 Å². The lowest BCUT2D eigenvalue weighted by Gasteiger charge is -2.13. The highest BCUT2D eigenvalue weighted by Crippen LogP contribution is 2.32. The van der Waals surface area contributed by atoms with Gasteiger partial charge in [0.15, 0.2) is 12.2 Å². The molecule has 0 spiro atoms. The number of amides is 3. The second kappa shape index (κ2) is 11.2. The number of methoxy groups -OCH3 is 1. The molecule has 0 saturated carbocycles. The summed E-state index contributed by atoms with van der Waals surface area (Å²) in [6, 6.07) is 13.7. The van der Waals surface area contributed by atoms with Crippen LogP contribution in [0.2, 0.25) is 0 Å². The molecule has 170 valence electrons. The minimum atomic E-state index is -0.614. The number of oxazole rings is 1. The smallest absolute Gasteiger partial charge is 0.407 e. The molecule has 1 heterocycles. The molecule has 3 aromatic rings. The predicted octanol–water partition coefficient (Wildman–Crippen LogP) is 4.52. The Hall–Kier alpha value is -4.52. The summed E-state index contributed by atoms with van der Waals surface area (Å²) in [6.45, 7) is 1.85. The van der Waals surface area contributed by atoms with E-state index in [4.69, 9.17) is 19.2 Å². The Labute approximate surface area is 190 Å². The van der Waals surface area contributed by atoms with Gasteiger partial charge in [0.1, 0.15) is 11.9 Å². The van der Waals surface area contributed by atoms with E-state index in [0.717, 1.165) is 5.56 Å². The molecular weight excluding hydrogens is 426 g/mol. The van der Waals surface area contributed by atoms with Crippen molar-refractivity contribution in [1.82, 2.24) is 10.3 Å². The molecule has 0 aliphatic carbocycles. The molecule has 0 fully saturated rings. The monoisotopic (exact) mass is 449 g/mol. The van der Waals surface area contributed by atoms with Gasteiger partial charge in [0.2, 0.25) is 0 Å². The van der Waals surface area contributed by atoms with Crippen LogP contribution in [0.4, 0.5) is 21.0 Å². The Balaban J connectivity index is 1.56. The van der Waals surface area contributed by atoms with Gasteiger partial charge in [-0.1, -0.05) is 12.1 Å². The Kier molecular flexibility index (Phi) is 7.86. The summed E-state index contributed by atoms with van der Waals surface area (Å²) in [5, 5.41) is 16.7. The number of anilines is 2. The van der Waals surface area contributed by atoms with E-state index < -0.39 is 18.2 Å². The number of nitriles is 1. The minimum Gasteiger partial charge on any atom is -0.496 e. The summed E-state index contributed by atoms with van der Waals surface area (Å²) in [7, 11) is 1.53. The molecule has 3 rings (SSSR count). The van der Waals surface area contributed by atoms with Gasteiger partial charge in [0, 0.05) is 24.0 Å². The van der Waals surface area contributed by atoms with Gasteiger partial charge < -0.3 is 29.8 Å². The molecule has 0 saturated heterocycles. The van der Waals surface area contributed by atoms with Gasteiger partial charge in [-0.3, -0.25) is 0 Å². The van der Waals surface area contributed by atoms with Crippen LogP contribution in [-0.2, 0) is 11.3 Å². The maximum absolute atomic E-state index is 12.4. The van der Waals surface area contributed by atoms with Crippen molar-refractivity contribution < 1.29 is 23.5 Å². The molecule has 3 amide bonds. The average molecular weight is 449 g/mol. The second-order valence-corrected chi connectivity index (χ2v) is 6.99. The Morgan fingerprint density at radius 3 is 2.67 bits per heavy atom. The van der Waals surface area contributed by atoms with Gasteiger partial charge >= 0.3 is 12.1 Å². The quantitative estimate of drug-likeness (QED) is 0.459. The first-order valence-electron chi connectivity index (χ1n) is 10.0. The summed E-state index contributed by atoms with van der Waals surface area (Å²) in [4.78, 5) is 28.1. The van der Waals surface area contributed by atoms with E-state index in [-0.39, 0.29) is 13.0 Å². The summed E-state index contributed by atoms with van der Waals surface area (Å²) < 4.78 is 15.7. The molecule has 1 atom stereocenters. The van der Waals surface area contributed by atoms with Crippen molar-refractivity contribution in [3.05, 3.63) is 60.6 Å². The summed E-state index contributed by atoms with van der Waals surface area (Å²) in [5.41, 5.74) is 2.54. The third kappa shape index (κ3) is 6.73. The van der Waals surface area contributed by atoms with Crippen molar-refractivity contribution in [1.29, 1.82) is 5.26 Å². The zero-order chi connectivity index (χ0) is 23.6. The van der Waals surface area contributed by atoms with Gasteiger partial charge in [-0.05, 0) is 36.8 Å². The molecule has 0 aliphatic rings. The third-order valence-corrected chi connectivity index (χ3v) is 4.47. The van der Waals surface area contributed by atoms with Gasteiger partial charge in [-0.2, -0.15) is 5.26 Å². The van der Waals surface area contributed by atoms with Crippen molar-refractivity contribution in [2.75, 3.05) is 17.7 Å². The number of hydrogen-bond donors (Lipinski definition) is 3. The fourth-order valence-electron chi connectivity index (χ4n) is 2.94. The number of alkyl carbamates (subject to hydrolysis) is 1. The molecule has 3 N–H and O–H groups in total. The standard InChI is InChI=1S/C23H23N5O5/c1-15(8-9-24)33-23(30)26-12-16-4-3-5-17(10-16)27-22(29)28-18-6-7-19(20(11-18)31-2)21-13-25-14-32-21/h3-7,10-11,13-15H,8,12H2,1-2H3,(H,26,30)(H2,27,28,29)/t15-/m1/s1. The number of carbonyl (C=O) groups excluding carboxylic acids is 2. The van der Waals surface area contributed by atoms with Crippen LogP contribution in [0.15, 0.2) is 59.5 Å². The number of aromatic nitrogens is 1. The molecule has 0 bridgehead atoms. The molecule has 0 unspecified atom stereocenters. The first-order valence-corrected chi connectivity index (χ1v) is 10.0. The van der Waals surface area contributed by atoms with Crippen LogP contribution in [0.1, 0.15) is 18.9 Å². The Bertz CT molecular complexity index is 1140. The van der Waals surface area contributed by atoms with E-state index in [1.54, 1.807) is 55.6 Å². The molecule has 2 aromatic carbocycles. The van der Waals surface area contributed by atoms with Crippen LogP contribution >= 0.6 is 0 Å². The lowest BCUT2D eigenvalue weighted by atomic mass is 10.1. The van der Waals surface area contributed by atoms with Crippen molar-refractivity contribution in [3.8, 4) is 23.1 Å². The summed E-state index contributed by atoms with van der Waals surface area (Å²) in [5.74, 6) is 1.07. The van der Waals surface area contributed by atoms with Crippen LogP contribution in [0.3, 0.4) is 0 Å². The number of hydrogen-bond acceptors (Lipinski definition) is 7. The van der Waals surface area contributed by atoms with Crippen LogP contribution in [0, 0.1) is 11.3 Å². The number of nitrogens with zero attached hydrogens (tertiary/aromatic N) is 2. The number of urea groups is 1. The highest BCUT2D eigenvalue weighted by atomic mass is 16.6. The molecule has 10 heteroatoms. The number of rotatable bonds is 8. The lowest BCUT2D eigenvalue weighted by Crippen LogP contribution is -2.27. The van der Waals surface area contributed by atoms with Crippen molar-refractivity contribution in [2.45, 2.75) is 26.0 Å². The van der Waals surface area contributed by atoms with Gasteiger partial charge in [0.25, 0.3) is 0 Å². The maximum Gasteiger partial charge on any atom is 0.407 e. The zero-order valence-corrected chi connectivity index (χ0v) is 18.1. The second-order valence-electron chi connectivity index (χ2n) is 6.99. The fraction of sp³-hybridized carbons (Fsp3) is 0.217. The molecule has 1 aromatic heterocycles. The Morgan fingerprint density at radius 1 is 1.18 bits per heavy atom. The van der Waals surface area contributed by atoms with Crippen molar-refractivity contribution in [3.63, 3.8) is 0 Å². The largest absolute Gasteiger partial charge is 0.496 e. The Morgan fingerprint density at radius 2 is 1.97 bits per heavy atom. The van der Waals surface area contributed by atoms with E-state index in [1.165, 1.54) is 13.5 Å². The van der Waals surface area contributed by atoms with E-state index >= 15 is 0 Å². The first kappa shape index (κ1) is 23.1. The van der Waals surface area contributed by atoms with Crippen LogP contribution < -0.4 is 20.7 Å². The SMILES string of the molecule is COc1cc(NC(=O)Nc2cccc(CNC(=O)O[C@H](C)CC#N)c2)ccc1-c1cnco1. The lowest BCUT2D eigenvalue weighted by molar-refractivity contribution is 0.108. The average Bonchev–Trinajstić information content (AvgIpc) is 3.32. The van der Waals surface area contributed by atoms with Gasteiger partial charge in [-0.25, -0.2) is 14.6 Å². The van der Waals surface area contributed by atoms with Crippen LogP contribution in [0.5, 0.6) is 5.75 Å². The predicted molar refractivity (Wildman–Crippen MR) is 121 cm³/mol. The number of benzene rings is 2.